The van der Waals surface area contributed by atoms with Crippen molar-refractivity contribution in [1.82, 2.24) is 9.88 Å². The fourth-order valence-electron chi connectivity index (χ4n) is 3.04. The van der Waals surface area contributed by atoms with E-state index in [1.807, 2.05) is 4.90 Å². The molecular formula is C16H19N3O2S. The van der Waals surface area contributed by atoms with E-state index in [0.29, 0.717) is 13.2 Å². The monoisotopic (exact) mass is 317 g/mol. The molecular weight excluding hydrogens is 298 g/mol. The van der Waals surface area contributed by atoms with Crippen LogP contribution >= 0.6 is 11.3 Å². The number of hydrogen-bond donors (Lipinski definition) is 0. The lowest BCUT2D eigenvalue weighted by molar-refractivity contribution is -0.140. The Labute approximate surface area is 133 Å². The minimum atomic E-state index is 0.117. The van der Waals surface area contributed by atoms with E-state index in [4.69, 9.17) is 9.72 Å². The van der Waals surface area contributed by atoms with Crippen molar-refractivity contribution < 1.29 is 9.53 Å². The number of morpholine rings is 1. The van der Waals surface area contributed by atoms with Gasteiger partial charge in [0.15, 0.2) is 5.13 Å². The summed E-state index contributed by atoms with van der Waals surface area (Å²) in [6, 6.07) is 6.27. The number of anilines is 1. The van der Waals surface area contributed by atoms with Crippen molar-refractivity contribution in [3.63, 3.8) is 0 Å². The van der Waals surface area contributed by atoms with E-state index in [1.54, 1.807) is 11.3 Å². The van der Waals surface area contributed by atoms with Crippen LogP contribution in [0, 0.1) is 12.8 Å². The molecule has 5 nitrogen and oxygen atoms in total. The maximum atomic E-state index is 12.4. The SMILES string of the molecule is Cc1cccc2sc(N3CC(C(=O)N4CCOCC4)C3)nc12. The standard InChI is InChI=1S/C16H19N3O2S/c1-11-3-2-4-13-14(11)17-16(22-13)19-9-12(10-19)15(20)18-5-7-21-8-6-18/h2-4,12H,5-10H2,1H3. The average Bonchev–Trinajstić information content (AvgIpc) is 2.91. The van der Waals surface area contributed by atoms with Crippen molar-refractivity contribution in [2.45, 2.75) is 6.92 Å². The first-order valence-corrected chi connectivity index (χ1v) is 8.51. The summed E-state index contributed by atoms with van der Waals surface area (Å²) in [4.78, 5) is 21.3. The molecule has 0 saturated carbocycles. The van der Waals surface area contributed by atoms with E-state index in [0.717, 1.165) is 36.8 Å². The normalized spacial score (nSPS) is 19.5. The molecule has 116 valence electrons. The quantitative estimate of drug-likeness (QED) is 0.849. The van der Waals surface area contributed by atoms with Gasteiger partial charge in [0.2, 0.25) is 5.91 Å². The first-order valence-electron chi connectivity index (χ1n) is 7.70. The lowest BCUT2D eigenvalue weighted by Gasteiger charge is -2.41. The average molecular weight is 317 g/mol. The highest BCUT2D eigenvalue weighted by atomic mass is 32.1. The highest BCUT2D eigenvalue weighted by molar-refractivity contribution is 7.22. The molecule has 0 unspecified atom stereocenters. The van der Waals surface area contributed by atoms with Crippen molar-refractivity contribution in [2.75, 3.05) is 44.3 Å². The van der Waals surface area contributed by atoms with Crippen LogP contribution in [0.2, 0.25) is 0 Å². The molecule has 6 heteroatoms. The van der Waals surface area contributed by atoms with Crippen LogP contribution in [-0.4, -0.2) is 55.2 Å². The predicted molar refractivity (Wildman–Crippen MR) is 87.5 cm³/mol. The number of para-hydroxylation sites is 1. The van der Waals surface area contributed by atoms with Gasteiger partial charge in [-0.2, -0.15) is 0 Å². The number of nitrogens with zero attached hydrogens (tertiary/aromatic N) is 3. The van der Waals surface area contributed by atoms with Crippen molar-refractivity contribution in [2.24, 2.45) is 5.92 Å². The van der Waals surface area contributed by atoms with Crippen LogP contribution in [0.25, 0.3) is 10.2 Å². The minimum Gasteiger partial charge on any atom is -0.378 e. The smallest absolute Gasteiger partial charge is 0.229 e. The summed E-state index contributed by atoms with van der Waals surface area (Å²) < 4.78 is 6.52. The molecule has 0 bridgehead atoms. The zero-order valence-electron chi connectivity index (χ0n) is 12.6. The first kappa shape index (κ1) is 14.0. The van der Waals surface area contributed by atoms with Crippen LogP contribution in [0.1, 0.15) is 5.56 Å². The number of rotatable bonds is 2. The third kappa shape index (κ3) is 2.36. The molecule has 2 saturated heterocycles. The van der Waals surface area contributed by atoms with Crippen molar-refractivity contribution in [1.29, 1.82) is 0 Å². The van der Waals surface area contributed by atoms with Crippen molar-refractivity contribution in [3.05, 3.63) is 23.8 Å². The second-order valence-corrected chi connectivity index (χ2v) is 6.97. The second-order valence-electron chi connectivity index (χ2n) is 5.96. The summed E-state index contributed by atoms with van der Waals surface area (Å²) in [6.45, 7) is 6.46. The van der Waals surface area contributed by atoms with Crippen LogP contribution in [0.4, 0.5) is 5.13 Å². The van der Waals surface area contributed by atoms with Crippen molar-refractivity contribution in [3.8, 4) is 0 Å². The maximum Gasteiger partial charge on any atom is 0.229 e. The molecule has 3 heterocycles. The predicted octanol–water partition coefficient (Wildman–Crippen LogP) is 1.90. The molecule has 1 aromatic carbocycles. The number of hydrogen-bond acceptors (Lipinski definition) is 5. The summed E-state index contributed by atoms with van der Waals surface area (Å²) in [7, 11) is 0. The number of fused-ring (bicyclic) bond motifs is 1. The Kier molecular flexibility index (Phi) is 3.50. The van der Waals surface area contributed by atoms with Gasteiger partial charge in [-0.3, -0.25) is 4.79 Å². The highest BCUT2D eigenvalue weighted by Crippen LogP contribution is 2.34. The Morgan fingerprint density at radius 1 is 1.32 bits per heavy atom. The fraction of sp³-hybridized carbons (Fsp3) is 0.500. The number of benzene rings is 1. The number of carbonyl (C=O) groups is 1. The van der Waals surface area contributed by atoms with Gasteiger partial charge in [0.05, 0.1) is 29.3 Å². The summed E-state index contributed by atoms with van der Waals surface area (Å²) in [5.74, 6) is 0.392. The van der Waals surface area contributed by atoms with Crippen LogP contribution < -0.4 is 4.90 Å². The van der Waals surface area contributed by atoms with Gasteiger partial charge in [0.25, 0.3) is 0 Å². The number of amides is 1. The molecule has 2 aliphatic rings. The number of aryl methyl sites for hydroxylation is 1. The van der Waals surface area contributed by atoms with Gasteiger partial charge < -0.3 is 14.5 Å². The summed E-state index contributed by atoms with van der Waals surface area (Å²) in [5.41, 5.74) is 2.30. The van der Waals surface area contributed by atoms with Gasteiger partial charge in [-0.1, -0.05) is 23.5 Å². The lowest BCUT2D eigenvalue weighted by Crippen LogP contribution is -2.56. The summed E-state index contributed by atoms with van der Waals surface area (Å²) >= 11 is 1.71. The van der Waals surface area contributed by atoms with Crippen LogP contribution in [0.5, 0.6) is 0 Å². The number of aromatic nitrogens is 1. The van der Waals surface area contributed by atoms with E-state index in [2.05, 4.69) is 30.0 Å². The lowest BCUT2D eigenvalue weighted by atomic mass is 9.99. The van der Waals surface area contributed by atoms with Gasteiger partial charge in [0.1, 0.15) is 0 Å². The molecule has 0 atom stereocenters. The van der Waals surface area contributed by atoms with Crippen LogP contribution in [-0.2, 0) is 9.53 Å². The fourth-order valence-corrected chi connectivity index (χ4v) is 4.10. The Balaban J connectivity index is 1.43. The maximum absolute atomic E-state index is 12.4. The summed E-state index contributed by atoms with van der Waals surface area (Å²) in [6.07, 6.45) is 0. The molecule has 2 fully saturated rings. The van der Waals surface area contributed by atoms with Gasteiger partial charge in [0, 0.05) is 26.2 Å². The Morgan fingerprint density at radius 2 is 2.09 bits per heavy atom. The zero-order chi connectivity index (χ0) is 15.1. The molecule has 2 aromatic rings. The Morgan fingerprint density at radius 3 is 2.82 bits per heavy atom. The van der Waals surface area contributed by atoms with E-state index < -0.39 is 0 Å². The zero-order valence-corrected chi connectivity index (χ0v) is 13.4. The molecule has 0 N–H and O–H groups in total. The van der Waals surface area contributed by atoms with Crippen LogP contribution in [0.3, 0.4) is 0 Å². The van der Waals surface area contributed by atoms with E-state index in [1.165, 1.54) is 10.3 Å². The number of thiazole rings is 1. The topological polar surface area (TPSA) is 45.7 Å². The van der Waals surface area contributed by atoms with Gasteiger partial charge in [-0.05, 0) is 18.6 Å². The van der Waals surface area contributed by atoms with E-state index in [-0.39, 0.29) is 11.8 Å². The molecule has 0 aliphatic carbocycles. The Bertz CT molecular complexity index is 702. The third-order valence-electron chi connectivity index (χ3n) is 4.43. The molecule has 4 rings (SSSR count). The third-order valence-corrected chi connectivity index (χ3v) is 5.51. The first-order chi connectivity index (χ1) is 10.7. The molecule has 0 spiro atoms. The minimum absolute atomic E-state index is 0.117. The molecule has 1 amide bonds. The van der Waals surface area contributed by atoms with Gasteiger partial charge in [-0.25, -0.2) is 4.98 Å². The van der Waals surface area contributed by atoms with Gasteiger partial charge in [-0.15, -0.1) is 0 Å². The van der Waals surface area contributed by atoms with E-state index in [9.17, 15) is 4.79 Å². The molecule has 22 heavy (non-hydrogen) atoms. The molecule has 2 aliphatic heterocycles. The highest BCUT2D eigenvalue weighted by Gasteiger charge is 2.37. The Hall–Kier alpha value is -1.66. The number of ether oxygens (including phenoxy) is 1. The van der Waals surface area contributed by atoms with Gasteiger partial charge >= 0.3 is 0 Å². The van der Waals surface area contributed by atoms with E-state index >= 15 is 0 Å². The van der Waals surface area contributed by atoms with Crippen molar-refractivity contribution >= 4 is 32.6 Å². The number of carbonyl (C=O) groups excluding carboxylic acids is 1. The molecule has 0 radical (unpaired) electrons. The largest absolute Gasteiger partial charge is 0.378 e. The summed E-state index contributed by atoms with van der Waals surface area (Å²) in [5, 5.41) is 1.04. The van der Waals surface area contributed by atoms with Crippen LogP contribution in [0.15, 0.2) is 18.2 Å². The molecule has 1 aromatic heterocycles. The second kappa shape index (κ2) is 5.52.